The van der Waals surface area contributed by atoms with Crippen molar-refractivity contribution in [1.82, 2.24) is 14.4 Å². The van der Waals surface area contributed by atoms with E-state index in [0.29, 0.717) is 36.1 Å². The summed E-state index contributed by atoms with van der Waals surface area (Å²) in [5.74, 6) is 0.942. The first kappa shape index (κ1) is 23.3. The van der Waals surface area contributed by atoms with Crippen molar-refractivity contribution >= 4 is 10.0 Å². The zero-order chi connectivity index (χ0) is 23.7. The van der Waals surface area contributed by atoms with Crippen LogP contribution in [0.3, 0.4) is 0 Å². The number of piperidine rings is 1. The number of fused-ring (bicyclic) bond motifs is 1. The van der Waals surface area contributed by atoms with Crippen LogP contribution in [-0.2, 0) is 29.4 Å². The van der Waals surface area contributed by atoms with Crippen LogP contribution in [0, 0.1) is 12.8 Å². The van der Waals surface area contributed by atoms with Crippen LogP contribution < -0.4 is 0 Å². The van der Waals surface area contributed by atoms with Crippen LogP contribution in [0.4, 0.5) is 0 Å². The number of hydrogen-bond acceptors (Lipinski definition) is 5. The number of hydrogen-bond donors (Lipinski definition) is 0. The Labute approximate surface area is 202 Å². The summed E-state index contributed by atoms with van der Waals surface area (Å²) < 4.78 is 34.8. The number of aromatic nitrogens is 1. The minimum absolute atomic E-state index is 0.346. The third kappa shape index (κ3) is 4.69. The van der Waals surface area contributed by atoms with Crippen molar-refractivity contribution in [2.24, 2.45) is 5.92 Å². The quantitative estimate of drug-likeness (QED) is 0.514. The normalized spacial score (nSPS) is 19.8. The van der Waals surface area contributed by atoms with Gasteiger partial charge in [-0.15, -0.1) is 0 Å². The second-order valence-electron chi connectivity index (χ2n) is 9.63. The topological polar surface area (TPSA) is 66.7 Å². The van der Waals surface area contributed by atoms with Crippen molar-refractivity contribution in [2.45, 2.75) is 51.0 Å². The van der Waals surface area contributed by atoms with Gasteiger partial charge >= 0.3 is 0 Å². The molecule has 0 unspecified atom stereocenters. The highest BCUT2D eigenvalue weighted by atomic mass is 32.2. The maximum atomic E-state index is 13.8. The van der Waals surface area contributed by atoms with Crippen LogP contribution in [0.2, 0.25) is 0 Å². The minimum atomic E-state index is -3.60. The molecule has 34 heavy (non-hydrogen) atoms. The van der Waals surface area contributed by atoms with Gasteiger partial charge in [-0.3, -0.25) is 4.90 Å². The molecule has 5 rings (SSSR count). The van der Waals surface area contributed by atoms with Gasteiger partial charge in [0.15, 0.2) is 5.76 Å². The second-order valence-corrected chi connectivity index (χ2v) is 11.5. The fraction of sp³-hybridized carbons (Fsp3) is 0.444. The molecule has 3 aromatic rings. The average Bonchev–Trinajstić information content (AvgIpc) is 3.30. The molecule has 7 heteroatoms. The van der Waals surface area contributed by atoms with Crippen LogP contribution in [0.5, 0.6) is 0 Å². The third-order valence-electron chi connectivity index (χ3n) is 7.19. The van der Waals surface area contributed by atoms with Crippen molar-refractivity contribution in [2.75, 3.05) is 26.2 Å². The van der Waals surface area contributed by atoms with Gasteiger partial charge in [-0.1, -0.05) is 48.5 Å². The van der Waals surface area contributed by atoms with Gasteiger partial charge in [-0.05, 0) is 61.3 Å². The molecule has 0 bridgehead atoms. The van der Waals surface area contributed by atoms with E-state index >= 15 is 0 Å². The van der Waals surface area contributed by atoms with Gasteiger partial charge < -0.3 is 4.52 Å². The molecule has 0 spiro atoms. The molecule has 180 valence electrons. The Bertz CT molecular complexity index is 1270. The van der Waals surface area contributed by atoms with Crippen molar-refractivity contribution in [3.05, 3.63) is 70.9 Å². The molecule has 1 saturated heterocycles. The highest BCUT2D eigenvalue weighted by Gasteiger charge is 2.33. The fourth-order valence-corrected chi connectivity index (χ4v) is 7.22. The maximum Gasteiger partial charge on any atom is 0.243 e. The molecule has 0 saturated carbocycles. The van der Waals surface area contributed by atoms with Crippen LogP contribution >= 0.6 is 0 Å². The average molecular weight is 480 g/mol. The van der Waals surface area contributed by atoms with Crippen LogP contribution in [0.15, 0.2) is 57.9 Å². The summed E-state index contributed by atoms with van der Waals surface area (Å²) in [6, 6.07) is 16.1. The summed E-state index contributed by atoms with van der Waals surface area (Å²) in [5.41, 5.74) is 5.21. The van der Waals surface area contributed by atoms with Crippen LogP contribution in [-0.4, -0.2) is 49.0 Å². The lowest BCUT2D eigenvalue weighted by atomic mass is 9.95. The van der Waals surface area contributed by atoms with Crippen molar-refractivity contribution in [3.63, 3.8) is 0 Å². The first-order valence-corrected chi connectivity index (χ1v) is 13.7. The summed E-state index contributed by atoms with van der Waals surface area (Å²) in [4.78, 5) is 2.89. The first-order chi connectivity index (χ1) is 16.4. The molecule has 1 fully saturated rings. The Morgan fingerprint density at radius 3 is 2.68 bits per heavy atom. The molecule has 1 atom stereocenters. The molecule has 2 aliphatic heterocycles. The molecule has 2 aromatic carbocycles. The van der Waals surface area contributed by atoms with E-state index in [0.717, 1.165) is 55.7 Å². The van der Waals surface area contributed by atoms with E-state index in [1.807, 2.05) is 32.0 Å². The first-order valence-electron chi connectivity index (χ1n) is 12.3. The number of nitrogens with zero attached hydrogens (tertiary/aromatic N) is 3. The van der Waals surface area contributed by atoms with Crippen LogP contribution in [0.25, 0.3) is 11.3 Å². The summed E-state index contributed by atoms with van der Waals surface area (Å²) in [6.07, 6.45) is 3.70. The number of rotatable bonds is 6. The molecule has 0 aliphatic carbocycles. The fourth-order valence-electron chi connectivity index (χ4n) is 5.35. The van der Waals surface area contributed by atoms with Gasteiger partial charge in [-0.2, -0.15) is 4.31 Å². The molecule has 1 aromatic heterocycles. The van der Waals surface area contributed by atoms with E-state index in [1.54, 1.807) is 10.4 Å². The zero-order valence-corrected chi connectivity index (χ0v) is 20.9. The second kappa shape index (κ2) is 9.64. The Morgan fingerprint density at radius 1 is 1.09 bits per heavy atom. The zero-order valence-electron chi connectivity index (χ0n) is 20.0. The summed E-state index contributed by atoms with van der Waals surface area (Å²) in [5, 5.41) is 3.96. The number of benzene rings is 2. The Balaban J connectivity index is 1.34. The number of sulfonamides is 1. The van der Waals surface area contributed by atoms with Gasteiger partial charge in [0.25, 0.3) is 0 Å². The van der Waals surface area contributed by atoms with E-state index in [4.69, 9.17) is 4.52 Å². The SMILES string of the molecule is CCc1ccc(-c2cc(C)no2)cc1S(=O)(=O)N1CCC[C@H](CN2CCc3ccccc3C2)C1. The molecule has 0 radical (unpaired) electrons. The summed E-state index contributed by atoms with van der Waals surface area (Å²) >= 11 is 0. The monoisotopic (exact) mass is 479 g/mol. The summed E-state index contributed by atoms with van der Waals surface area (Å²) in [6.45, 7) is 7.96. The van der Waals surface area contributed by atoms with Gasteiger partial charge in [0.2, 0.25) is 10.0 Å². The predicted molar refractivity (Wildman–Crippen MR) is 133 cm³/mol. The standard InChI is InChI=1S/C27H33N3O3S/c1-3-22-10-11-24(26-15-20(2)28-33-26)16-27(22)34(31,32)30-13-6-7-21(18-30)17-29-14-12-23-8-4-5-9-25(23)19-29/h4-5,8-11,15-16,21H,3,6-7,12-14,17-19H2,1-2H3/t21-/m1/s1. The van der Waals surface area contributed by atoms with Crippen molar-refractivity contribution in [3.8, 4) is 11.3 Å². The van der Waals surface area contributed by atoms with E-state index in [2.05, 4.69) is 34.3 Å². The highest BCUT2D eigenvalue weighted by molar-refractivity contribution is 7.89. The van der Waals surface area contributed by atoms with E-state index in [-0.39, 0.29) is 0 Å². The van der Waals surface area contributed by atoms with Crippen LogP contribution in [0.1, 0.15) is 42.1 Å². The Hall–Kier alpha value is -2.48. The Morgan fingerprint density at radius 2 is 1.91 bits per heavy atom. The van der Waals surface area contributed by atoms with E-state index in [1.165, 1.54) is 11.1 Å². The van der Waals surface area contributed by atoms with Gasteiger partial charge in [0.1, 0.15) is 0 Å². The lowest BCUT2D eigenvalue weighted by molar-refractivity contribution is 0.167. The van der Waals surface area contributed by atoms with Gasteiger partial charge in [0, 0.05) is 44.4 Å². The molecular formula is C27H33N3O3S. The molecule has 3 heterocycles. The minimum Gasteiger partial charge on any atom is -0.356 e. The van der Waals surface area contributed by atoms with E-state index < -0.39 is 10.0 Å². The van der Waals surface area contributed by atoms with Gasteiger partial charge in [-0.25, -0.2) is 8.42 Å². The smallest absolute Gasteiger partial charge is 0.243 e. The molecule has 0 amide bonds. The lowest BCUT2D eigenvalue weighted by Crippen LogP contribution is -2.44. The third-order valence-corrected chi connectivity index (χ3v) is 9.13. The number of aryl methyl sites for hydroxylation is 2. The van der Waals surface area contributed by atoms with Crippen molar-refractivity contribution < 1.29 is 12.9 Å². The lowest BCUT2D eigenvalue weighted by Gasteiger charge is -2.37. The molecular weight excluding hydrogens is 446 g/mol. The van der Waals surface area contributed by atoms with E-state index in [9.17, 15) is 8.42 Å². The molecule has 6 nitrogen and oxygen atoms in total. The largest absolute Gasteiger partial charge is 0.356 e. The Kier molecular flexibility index (Phi) is 6.60. The molecule has 0 N–H and O–H groups in total. The van der Waals surface area contributed by atoms with Gasteiger partial charge in [0.05, 0.1) is 10.6 Å². The summed E-state index contributed by atoms with van der Waals surface area (Å²) in [7, 11) is -3.60. The maximum absolute atomic E-state index is 13.8. The van der Waals surface area contributed by atoms with Crippen molar-refractivity contribution in [1.29, 1.82) is 0 Å². The highest BCUT2D eigenvalue weighted by Crippen LogP contribution is 2.31. The molecule has 2 aliphatic rings. The predicted octanol–water partition coefficient (Wildman–Crippen LogP) is 4.67.